The van der Waals surface area contributed by atoms with E-state index < -0.39 is 0 Å². The first-order chi connectivity index (χ1) is 8.33. The van der Waals surface area contributed by atoms with Crippen LogP contribution in [0.5, 0.6) is 0 Å². The minimum atomic E-state index is -0.285. The fraction of sp³-hybridized carbons (Fsp3) is 0.375. The molecule has 0 fully saturated rings. The van der Waals surface area contributed by atoms with Gasteiger partial charge in [0.05, 0.1) is 7.11 Å². The summed E-state index contributed by atoms with van der Waals surface area (Å²) in [4.78, 5) is 0. The van der Waals surface area contributed by atoms with Crippen LogP contribution in [0.2, 0.25) is 0 Å². The fourth-order valence-electron chi connectivity index (χ4n) is 1.39. The molecule has 0 aliphatic heterocycles. The first kappa shape index (κ1) is 16.4. The maximum atomic E-state index is 13.9. The molecule has 1 atom stereocenters. The Kier molecular flexibility index (Phi) is 7.03. The molecule has 1 unspecified atom stereocenters. The third-order valence-corrected chi connectivity index (χ3v) is 2.74. The van der Waals surface area contributed by atoms with Gasteiger partial charge in [-0.15, -0.1) is 0 Å². The smallest absolute Gasteiger partial charge is 0.119 e. The summed E-state index contributed by atoms with van der Waals surface area (Å²) in [5.41, 5.74) is 2.35. The van der Waals surface area contributed by atoms with E-state index in [4.69, 9.17) is 4.74 Å². The largest absolute Gasteiger partial charge is 0.497 e. The minimum Gasteiger partial charge on any atom is -0.497 e. The van der Waals surface area contributed by atoms with E-state index in [1.165, 1.54) is 6.08 Å². The van der Waals surface area contributed by atoms with E-state index in [-0.39, 0.29) is 11.7 Å². The molecule has 2 heteroatoms. The van der Waals surface area contributed by atoms with E-state index in [0.29, 0.717) is 11.3 Å². The number of ether oxygens (including phenoxy) is 1. The van der Waals surface area contributed by atoms with E-state index in [2.05, 4.69) is 13.2 Å². The van der Waals surface area contributed by atoms with Crippen molar-refractivity contribution in [2.24, 2.45) is 5.92 Å². The Bertz CT molecular complexity index is 411. The normalized spacial score (nSPS) is 15.9. The Labute approximate surface area is 110 Å². The van der Waals surface area contributed by atoms with Crippen LogP contribution >= 0.6 is 0 Å². The van der Waals surface area contributed by atoms with E-state index in [1.807, 2.05) is 32.9 Å². The van der Waals surface area contributed by atoms with Gasteiger partial charge in [0.25, 0.3) is 0 Å². The van der Waals surface area contributed by atoms with Gasteiger partial charge < -0.3 is 4.74 Å². The van der Waals surface area contributed by atoms with Crippen molar-refractivity contribution < 1.29 is 9.13 Å². The highest BCUT2D eigenvalue weighted by molar-refractivity contribution is 5.30. The van der Waals surface area contributed by atoms with Crippen molar-refractivity contribution >= 4 is 0 Å². The molecular weight excluding hydrogens is 227 g/mol. The molecule has 0 aliphatic rings. The molecule has 1 nitrogen and oxygen atoms in total. The van der Waals surface area contributed by atoms with Crippen LogP contribution in [0.15, 0.2) is 59.7 Å². The number of methoxy groups -OCH3 is 1. The van der Waals surface area contributed by atoms with Crippen molar-refractivity contribution in [2.75, 3.05) is 7.11 Å². The van der Waals surface area contributed by atoms with Gasteiger partial charge in [-0.1, -0.05) is 37.3 Å². The maximum absolute atomic E-state index is 13.9. The number of halogens is 1. The molecule has 0 rings (SSSR count). The first-order valence-corrected chi connectivity index (χ1v) is 5.91. The predicted octanol–water partition coefficient (Wildman–Crippen LogP) is 5.10. The number of hydrogen-bond acceptors (Lipinski definition) is 1. The zero-order valence-corrected chi connectivity index (χ0v) is 12.0. The zero-order valence-electron chi connectivity index (χ0n) is 12.0. The van der Waals surface area contributed by atoms with Gasteiger partial charge in [0.2, 0.25) is 0 Å². The Hall–Kier alpha value is -1.57. The molecule has 0 amide bonds. The van der Waals surface area contributed by atoms with Crippen LogP contribution in [0.1, 0.15) is 27.7 Å². The molecule has 0 saturated carbocycles. The van der Waals surface area contributed by atoms with Crippen LogP contribution in [0.3, 0.4) is 0 Å². The molecule has 0 bridgehead atoms. The number of hydrogen-bond donors (Lipinski definition) is 0. The summed E-state index contributed by atoms with van der Waals surface area (Å²) in [6.07, 6.45) is 5.17. The summed E-state index contributed by atoms with van der Waals surface area (Å²) in [6, 6.07) is 0. The minimum absolute atomic E-state index is 0.162. The molecule has 0 saturated heterocycles. The molecule has 0 heterocycles. The lowest BCUT2D eigenvalue weighted by Crippen LogP contribution is -2.00. The second-order valence-electron chi connectivity index (χ2n) is 4.44. The summed E-state index contributed by atoms with van der Waals surface area (Å²) in [5.74, 6) is 0.229. The van der Waals surface area contributed by atoms with Crippen LogP contribution in [0, 0.1) is 5.92 Å². The van der Waals surface area contributed by atoms with Crippen molar-refractivity contribution in [3.8, 4) is 0 Å². The topological polar surface area (TPSA) is 9.23 Å². The lowest BCUT2D eigenvalue weighted by Gasteiger charge is -2.13. The number of rotatable bonds is 6. The third-order valence-electron chi connectivity index (χ3n) is 2.74. The van der Waals surface area contributed by atoms with E-state index in [1.54, 1.807) is 14.0 Å². The van der Waals surface area contributed by atoms with Gasteiger partial charge in [-0.3, -0.25) is 0 Å². The highest BCUT2D eigenvalue weighted by Crippen LogP contribution is 2.25. The van der Waals surface area contributed by atoms with Crippen molar-refractivity contribution in [3.05, 3.63) is 59.7 Å². The van der Waals surface area contributed by atoms with E-state index >= 15 is 0 Å². The predicted molar refractivity (Wildman–Crippen MR) is 76.8 cm³/mol. The molecule has 0 N–H and O–H groups in total. The van der Waals surface area contributed by atoms with Crippen molar-refractivity contribution in [3.63, 3.8) is 0 Å². The van der Waals surface area contributed by atoms with Crippen molar-refractivity contribution in [1.82, 2.24) is 0 Å². The van der Waals surface area contributed by atoms with Gasteiger partial charge in [-0.2, -0.15) is 0 Å². The van der Waals surface area contributed by atoms with Crippen molar-refractivity contribution in [2.45, 2.75) is 27.7 Å². The SMILES string of the molecule is C=C/C(C)=C(/F)C(C)/C(C)=C\C(=C/C(=C)C)OC. The summed E-state index contributed by atoms with van der Waals surface area (Å²) in [7, 11) is 1.59. The third kappa shape index (κ3) is 5.17. The standard InChI is InChI=1S/C16H23FO/c1-8-12(4)16(17)14(6)13(5)10-15(18-7)9-11(2)3/h8-10,14H,1-2H2,3-7H3/b13-10-,15-9+,16-12+. The molecule has 100 valence electrons. The Morgan fingerprint density at radius 3 is 2.17 bits per heavy atom. The lowest BCUT2D eigenvalue weighted by molar-refractivity contribution is 0.305. The molecule has 0 aromatic rings. The molecule has 0 aromatic carbocycles. The van der Waals surface area contributed by atoms with Crippen LogP contribution < -0.4 is 0 Å². The quantitative estimate of drug-likeness (QED) is 0.470. The van der Waals surface area contributed by atoms with Gasteiger partial charge in [0.15, 0.2) is 0 Å². The zero-order chi connectivity index (χ0) is 14.3. The van der Waals surface area contributed by atoms with Gasteiger partial charge in [-0.25, -0.2) is 4.39 Å². The summed E-state index contributed by atoms with van der Waals surface area (Å²) in [6.45, 7) is 14.7. The average molecular weight is 250 g/mol. The fourth-order valence-corrected chi connectivity index (χ4v) is 1.39. The van der Waals surface area contributed by atoms with Crippen LogP contribution in [0.4, 0.5) is 4.39 Å². The summed E-state index contributed by atoms with van der Waals surface area (Å²) < 4.78 is 19.2. The number of allylic oxidation sites excluding steroid dienone is 7. The second-order valence-corrected chi connectivity index (χ2v) is 4.44. The Morgan fingerprint density at radius 2 is 1.78 bits per heavy atom. The molecule has 18 heavy (non-hydrogen) atoms. The highest BCUT2D eigenvalue weighted by atomic mass is 19.1. The lowest BCUT2D eigenvalue weighted by atomic mass is 9.97. The van der Waals surface area contributed by atoms with Gasteiger partial charge in [0.1, 0.15) is 11.6 Å². The van der Waals surface area contributed by atoms with Gasteiger partial charge in [-0.05, 0) is 38.5 Å². The maximum Gasteiger partial charge on any atom is 0.119 e. The van der Waals surface area contributed by atoms with Gasteiger partial charge in [0, 0.05) is 5.92 Å². The van der Waals surface area contributed by atoms with E-state index in [9.17, 15) is 4.39 Å². The first-order valence-electron chi connectivity index (χ1n) is 5.91. The van der Waals surface area contributed by atoms with Gasteiger partial charge >= 0.3 is 0 Å². The summed E-state index contributed by atoms with van der Waals surface area (Å²) in [5, 5.41) is 0. The molecule has 0 aliphatic carbocycles. The molecular formula is C16H23FO. The monoisotopic (exact) mass is 250 g/mol. The highest BCUT2D eigenvalue weighted by Gasteiger charge is 2.12. The van der Waals surface area contributed by atoms with Crippen molar-refractivity contribution in [1.29, 1.82) is 0 Å². The molecule has 0 radical (unpaired) electrons. The molecule has 0 aromatic heterocycles. The summed E-state index contributed by atoms with van der Waals surface area (Å²) >= 11 is 0. The Morgan fingerprint density at radius 1 is 1.22 bits per heavy atom. The Balaban J connectivity index is 5.21. The van der Waals surface area contributed by atoms with Crippen LogP contribution in [-0.4, -0.2) is 7.11 Å². The van der Waals surface area contributed by atoms with Crippen LogP contribution in [0.25, 0.3) is 0 Å². The average Bonchev–Trinajstić information content (AvgIpc) is 2.34. The molecule has 0 spiro atoms. The van der Waals surface area contributed by atoms with E-state index in [0.717, 1.165) is 11.1 Å². The second kappa shape index (κ2) is 7.70. The van der Waals surface area contributed by atoms with Crippen LogP contribution in [-0.2, 0) is 4.74 Å².